The van der Waals surface area contributed by atoms with Crippen LogP contribution in [0.5, 0.6) is 0 Å². The summed E-state index contributed by atoms with van der Waals surface area (Å²) in [5.41, 5.74) is 2.72. The molecule has 20 heavy (non-hydrogen) atoms. The van der Waals surface area contributed by atoms with E-state index in [0.717, 1.165) is 32.5 Å². The Morgan fingerprint density at radius 3 is 3.00 bits per heavy atom. The number of carbonyl (C=O) groups is 1. The van der Waals surface area contributed by atoms with Crippen LogP contribution in [0.15, 0.2) is 14.2 Å². The minimum Gasteiger partial charge on any atom is -0.481 e. The van der Waals surface area contributed by atoms with Crippen molar-refractivity contribution in [3.05, 3.63) is 26.9 Å². The number of carboxylic acids is 1. The highest BCUT2D eigenvalue weighted by Gasteiger charge is 2.13. The number of nitrogens with zero attached hydrogens (tertiary/aromatic N) is 3. The van der Waals surface area contributed by atoms with Gasteiger partial charge in [-0.2, -0.15) is 5.10 Å². The van der Waals surface area contributed by atoms with Gasteiger partial charge in [-0.3, -0.25) is 9.48 Å². The minimum absolute atomic E-state index is 0.0211. The third kappa shape index (κ3) is 3.62. The Labute approximate surface area is 133 Å². The van der Waals surface area contributed by atoms with E-state index in [-0.39, 0.29) is 6.42 Å². The number of rotatable bonds is 6. The maximum absolute atomic E-state index is 10.6. The number of hydrogen-bond donors (Lipinski definition) is 1. The SMILES string of the molecule is CCn1nc(C)c(Br)c1CSc1nc(CC(=O)O)cs1. The van der Waals surface area contributed by atoms with E-state index in [4.69, 9.17) is 5.11 Å². The van der Waals surface area contributed by atoms with Gasteiger partial charge in [-0.05, 0) is 29.8 Å². The number of halogens is 1. The first-order valence-corrected chi connectivity index (χ1v) is 8.67. The average molecular weight is 376 g/mol. The lowest BCUT2D eigenvalue weighted by molar-refractivity contribution is -0.136. The fourth-order valence-corrected chi connectivity index (χ4v) is 4.21. The normalized spacial score (nSPS) is 10.9. The molecule has 0 bridgehead atoms. The number of thioether (sulfide) groups is 1. The van der Waals surface area contributed by atoms with E-state index in [2.05, 4.69) is 32.9 Å². The van der Waals surface area contributed by atoms with Crippen LogP contribution in [0.4, 0.5) is 0 Å². The highest BCUT2D eigenvalue weighted by Crippen LogP contribution is 2.30. The van der Waals surface area contributed by atoms with Gasteiger partial charge in [0.1, 0.15) is 0 Å². The Morgan fingerprint density at radius 2 is 2.35 bits per heavy atom. The van der Waals surface area contributed by atoms with Gasteiger partial charge < -0.3 is 5.11 Å². The molecule has 0 amide bonds. The molecule has 2 aromatic heterocycles. The molecule has 0 saturated carbocycles. The van der Waals surface area contributed by atoms with Gasteiger partial charge in [-0.15, -0.1) is 11.3 Å². The topological polar surface area (TPSA) is 68.0 Å². The molecule has 0 atom stereocenters. The van der Waals surface area contributed by atoms with Crippen LogP contribution in [0.1, 0.15) is 24.0 Å². The lowest BCUT2D eigenvalue weighted by atomic mass is 10.3. The molecular formula is C12H14BrN3O2S2. The first-order valence-electron chi connectivity index (χ1n) is 6.02. The summed E-state index contributed by atoms with van der Waals surface area (Å²) in [6.45, 7) is 4.85. The molecule has 0 saturated heterocycles. The maximum Gasteiger partial charge on any atom is 0.309 e. The molecule has 0 aliphatic rings. The smallest absolute Gasteiger partial charge is 0.309 e. The van der Waals surface area contributed by atoms with Crippen molar-refractivity contribution in [3.8, 4) is 0 Å². The maximum atomic E-state index is 10.6. The third-order valence-electron chi connectivity index (χ3n) is 2.65. The summed E-state index contributed by atoms with van der Waals surface area (Å²) in [7, 11) is 0. The Balaban J connectivity index is 2.05. The van der Waals surface area contributed by atoms with Gasteiger partial charge in [0.2, 0.25) is 0 Å². The molecule has 1 N–H and O–H groups in total. The van der Waals surface area contributed by atoms with Gasteiger partial charge in [0, 0.05) is 17.7 Å². The molecule has 0 radical (unpaired) electrons. The summed E-state index contributed by atoms with van der Waals surface area (Å²) >= 11 is 6.64. The van der Waals surface area contributed by atoms with Gasteiger partial charge in [0.25, 0.3) is 0 Å². The molecule has 5 nitrogen and oxygen atoms in total. The minimum atomic E-state index is -0.853. The quantitative estimate of drug-likeness (QED) is 0.784. The average Bonchev–Trinajstić information content (AvgIpc) is 2.93. The lowest BCUT2D eigenvalue weighted by Crippen LogP contribution is -2.02. The largest absolute Gasteiger partial charge is 0.481 e. The number of aromatic nitrogens is 3. The van der Waals surface area contributed by atoms with Gasteiger partial charge >= 0.3 is 5.97 Å². The zero-order chi connectivity index (χ0) is 14.7. The predicted octanol–water partition coefficient (Wildman–Crippen LogP) is 3.35. The van der Waals surface area contributed by atoms with Crippen molar-refractivity contribution in [3.63, 3.8) is 0 Å². The molecule has 2 rings (SSSR count). The fourth-order valence-electron chi connectivity index (χ4n) is 1.73. The number of hydrogen-bond acceptors (Lipinski definition) is 5. The van der Waals surface area contributed by atoms with Crippen LogP contribution >= 0.6 is 39.0 Å². The van der Waals surface area contributed by atoms with Crippen molar-refractivity contribution < 1.29 is 9.90 Å². The summed E-state index contributed by atoms with van der Waals surface area (Å²) in [6, 6.07) is 0. The molecular weight excluding hydrogens is 362 g/mol. The highest BCUT2D eigenvalue weighted by atomic mass is 79.9. The second-order valence-electron chi connectivity index (χ2n) is 4.13. The van der Waals surface area contributed by atoms with E-state index in [1.54, 1.807) is 17.1 Å². The van der Waals surface area contributed by atoms with Crippen LogP contribution in [0.2, 0.25) is 0 Å². The van der Waals surface area contributed by atoms with Gasteiger partial charge in [0.05, 0.1) is 28.0 Å². The summed E-state index contributed by atoms with van der Waals surface area (Å²) in [6.07, 6.45) is -0.0211. The number of carboxylic acid groups (broad SMARTS) is 1. The molecule has 2 aromatic rings. The van der Waals surface area contributed by atoms with Gasteiger partial charge in [-0.1, -0.05) is 11.8 Å². The second kappa shape index (κ2) is 6.73. The summed E-state index contributed by atoms with van der Waals surface area (Å²) < 4.78 is 3.89. The van der Waals surface area contributed by atoms with E-state index in [0.29, 0.717) is 5.69 Å². The van der Waals surface area contributed by atoms with Crippen molar-refractivity contribution >= 4 is 45.0 Å². The molecule has 0 fully saturated rings. The zero-order valence-corrected chi connectivity index (χ0v) is 14.3. The van der Waals surface area contributed by atoms with Crippen molar-refractivity contribution in [1.29, 1.82) is 0 Å². The number of aliphatic carboxylic acids is 1. The summed E-state index contributed by atoms with van der Waals surface area (Å²) in [4.78, 5) is 14.9. The molecule has 108 valence electrons. The lowest BCUT2D eigenvalue weighted by Gasteiger charge is -2.03. The van der Waals surface area contributed by atoms with Gasteiger partial charge in [-0.25, -0.2) is 4.98 Å². The molecule has 0 aliphatic carbocycles. The molecule has 0 unspecified atom stereocenters. The van der Waals surface area contributed by atoms with E-state index >= 15 is 0 Å². The third-order valence-corrected chi connectivity index (χ3v) is 5.76. The first kappa shape index (κ1) is 15.5. The van der Waals surface area contributed by atoms with Crippen molar-refractivity contribution in [2.75, 3.05) is 0 Å². The predicted molar refractivity (Wildman–Crippen MR) is 83.4 cm³/mol. The molecule has 0 spiro atoms. The molecule has 8 heteroatoms. The second-order valence-corrected chi connectivity index (χ2v) is 7.00. The van der Waals surface area contributed by atoms with E-state index in [1.807, 2.05) is 11.6 Å². The van der Waals surface area contributed by atoms with Crippen LogP contribution in [-0.4, -0.2) is 25.8 Å². The molecule has 0 aromatic carbocycles. The monoisotopic (exact) mass is 375 g/mol. The van der Waals surface area contributed by atoms with Crippen LogP contribution < -0.4 is 0 Å². The Morgan fingerprint density at radius 1 is 1.60 bits per heavy atom. The van der Waals surface area contributed by atoms with Crippen LogP contribution in [0.3, 0.4) is 0 Å². The zero-order valence-electron chi connectivity index (χ0n) is 11.1. The standard InChI is InChI=1S/C12H14BrN3O2S2/c1-3-16-9(11(13)7(2)15-16)6-20-12-14-8(5-19-12)4-10(17)18/h5H,3-4,6H2,1-2H3,(H,17,18). The van der Waals surface area contributed by atoms with Crippen molar-refractivity contribution in [1.82, 2.24) is 14.8 Å². The van der Waals surface area contributed by atoms with Crippen LogP contribution in [-0.2, 0) is 23.5 Å². The molecule has 2 heterocycles. The van der Waals surface area contributed by atoms with Crippen LogP contribution in [0.25, 0.3) is 0 Å². The Bertz CT molecular complexity index is 624. The number of aryl methyl sites for hydroxylation is 2. The Hall–Kier alpha value is -0.860. The van der Waals surface area contributed by atoms with E-state index in [9.17, 15) is 4.79 Å². The van der Waals surface area contributed by atoms with E-state index < -0.39 is 5.97 Å². The van der Waals surface area contributed by atoms with Crippen molar-refractivity contribution in [2.24, 2.45) is 0 Å². The molecule has 0 aliphatic heterocycles. The van der Waals surface area contributed by atoms with Gasteiger partial charge in [0.15, 0.2) is 4.34 Å². The fraction of sp³-hybridized carbons (Fsp3) is 0.417. The summed E-state index contributed by atoms with van der Waals surface area (Å²) in [5.74, 6) is -0.0933. The summed E-state index contributed by atoms with van der Waals surface area (Å²) in [5, 5.41) is 15.0. The number of thiazole rings is 1. The highest BCUT2D eigenvalue weighted by molar-refractivity contribution is 9.10. The van der Waals surface area contributed by atoms with Crippen molar-refractivity contribution in [2.45, 2.75) is 36.9 Å². The Kier molecular flexibility index (Phi) is 5.22. The van der Waals surface area contributed by atoms with E-state index in [1.165, 1.54) is 11.3 Å². The first-order chi connectivity index (χ1) is 9.51. The van der Waals surface area contributed by atoms with Crippen LogP contribution in [0, 0.1) is 6.92 Å².